The fraction of sp³-hybridized carbons (Fsp3) is 0.0769. The predicted octanol–water partition coefficient (Wildman–Crippen LogP) is 3.14. The highest BCUT2D eigenvalue weighted by Crippen LogP contribution is 2.22. The summed E-state index contributed by atoms with van der Waals surface area (Å²) in [6, 6.07) is 10.6. The van der Waals surface area contributed by atoms with Crippen LogP contribution in [0.5, 0.6) is 5.75 Å². The molecule has 0 atom stereocenters. The van der Waals surface area contributed by atoms with Gasteiger partial charge in [0.1, 0.15) is 5.75 Å². The number of halogens is 1. The zero-order valence-electron chi connectivity index (χ0n) is 9.18. The van der Waals surface area contributed by atoms with E-state index < -0.39 is 5.24 Å². The van der Waals surface area contributed by atoms with Crippen molar-refractivity contribution in [3.63, 3.8) is 0 Å². The van der Waals surface area contributed by atoms with Gasteiger partial charge in [0, 0.05) is 23.4 Å². The first kappa shape index (κ1) is 11.6. The highest BCUT2D eigenvalue weighted by molar-refractivity contribution is 6.67. The lowest BCUT2D eigenvalue weighted by atomic mass is 10.1. The van der Waals surface area contributed by atoms with E-state index in [1.54, 1.807) is 43.6 Å². The van der Waals surface area contributed by atoms with Crippen LogP contribution in [0.4, 0.5) is 0 Å². The Kier molecular flexibility index (Phi) is 3.40. The van der Waals surface area contributed by atoms with Crippen LogP contribution in [0.15, 0.2) is 42.6 Å². The molecule has 0 aliphatic carbocycles. The van der Waals surface area contributed by atoms with Crippen LogP contribution in [0.3, 0.4) is 0 Å². The Morgan fingerprint density at radius 2 is 2.12 bits per heavy atom. The molecule has 17 heavy (non-hydrogen) atoms. The number of hydrogen-bond donors (Lipinski definition) is 0. The van der Waals surface area contributed by atoms with Gasteiger partial charge in [0.2, 0.25) is 0 Å². The molecule has 0 aliphatic heterocycles. The topological polar surface area (TPSA) is 39.2 Å². The zero-order chi connectivity index (χ0) is 12.3. The van der Waals surface area contributed by atoms with Gasteiger partial charge in [-0.3, -0.25) is 9.78 Å². The second kappa shape index (κ2) is 4.97. The summed E-state index contributed by atoms with van der Waals surface area (Å²) in [7, 11) is 1.60. The van der Waals surface area contributed by atoms with Gasteiger partial charge < -0.3 is 4.74 Å². The van der Waals surface area contributed by atoms with Gasteiger partial charge in [0.15, 0.2) is 0 Å². The monoisotopic (exact) mass is 247 g/mol. The van der Waals surface area contributed by atoms with Gasteiger partial charge in [-0.25, -0.2) is 0 Å². The molecule has 0 saturated heterocycles. The molecule has 2 rings (SSSR count). The second-order valence-corrected chi connectivity index (χ2v) is 3.78. The summed E-state index contributed by atoms with van der Waals surface area (Å²) < 4.78 is 5.12. The largest absolute Gasteiger partial charge is 0.497 e. The number of benzene rings is 1. The average Bonchev–Trinajstić information content (AvgIpc) is 2.39. The van der Waals surface area contributed by atoms with Crippen LogP contribution in [0.1, 0.15) is 10.4 Å². The fourth-order valence-electron chi connectivity index (χ4n) is 1.50. The molecule has 0 bridgehead atoms. The fourth-order valence-corrected chi connectivity index (χ4v) is 1.61. The molecule has 1 heterocycles. The first-order chi connectivity index (χ1) is 8.20. The van der Waals surface area contributed by atoms with E-state index >= 15 is 0 Å². The van der Waals surface area contributed by atoms with E-state index in [9.17, 15) is 4.79 Å². The third-order valence-electron chi connectivity index (χ3n) is 2.35. The van der Waals surface area contributed by atoms with Crippen molar-refractivity contribution in [2.75, 3.05) is 7.11 Å². The van der Waals surface area contributed by atoms with Crippen molar-refractivity contribution in [1.29, 1.82) is 0 Å². The molecular formula is C13H10ClNO2. The van der Waals surface area contributed by atoms with E-state index in [0.29, 0.717) is 5.56 Å². The third-order valence-corrected chi connectivity index (χ3v) is 2.57. The number of hydrogen-bond acceptors (Lipinski definition) is 3. The molecule has 0 saturated carbocycles. The standard InChI is InChI=1S/C13H10ClNO2/c1-17-11-5-6-15-12(8-11)9-3-2-4-10(7-9)13(14)16/h2-8H,1H3. The molecule has 0 amide bonds. The summed E-state index contributed by atoms with van der Waals surface area (Å²) >= 11 is 5.44. The molecule has 1 aromatic carbocycles. The summed E-state index contributed by atoms with van der Waals surface area (Å²) in [6.45, 7) is 0. The Bertz CT molecular complexity index is 555. The van der Waals surface area contributed by atoms with Crippen molar-refractivity contribution in [2.24, 2.45) is 0 Å². The summed E-state index contributed by atoms with van der Waals surface area (Å²) in [5.41, 5.74) is 2.02. The molecular weight excluding hydrogens is 238 g/mol. The number of aromatic nitrogens is 1. The highest BCUT2D eigenvalue weighted by Gasteiger charge is 2.05. The second-order valence-electron chi connectivity index (χ2n) is 3.44. The maximum absolute atomic E-state index is 11.1. The van der Waals surface area contributed by atoms with Crippen LogP contribution in [-0.2, 0) is 0 Å². The van der Waals surface area contributed by atoms with Gasteiger partial charge in [-0.2, -0.15) is 0 Å². The van der Waals surface area contributed by atoms with Crippen molar-refractivity contribution < 1.29 is 9.53 Å². The molecule has 4 heteroatoms. The maximum atomic E-state index is 11.1. The number of carbonyl (C=O) groups excluding carboxylic acids is 1. The number of rotatable bonds is 3. The number of ether oxygens (including phenoxy) is 1. The molecule has 0 spiro atoms. The molecule has 1 aromatic heterocycles. The first-order valence-electron chi connectivity index (χ1n) is 5.01. The molecule has 0 unspecified atom stereocenters. The van der Waals surface area contributed by atoms with Gasteiger partial charge >= 0.3 is 0 Å². The predicted molar refractivity (Wildman–Crippen MR) is 66.4 cm³/mol. The van der Waals surface area contributed by atoms with Crippen molar-refractivity contribution in [2.45, 2.75) is 0 Å². The lowest BCUT2D eigenvalue weighted by Crippen LogP contribution is -1.91. The van der Waals surface area contributed by atoms with Gasteiger partial charge in [0.05, 0.1) is 12.8 Å². The van der Waals surface area contributed by atoms with Gasteiger partial charge in [-0.15, -0.1) is 0 Å². The Balaban J connectivity index is 2.45. The smallest absolute Gasteiger partial charge is 0.252 e. The summed E-state index contributed by atoms with van der Waals surface area (Å²) in [5, 5.41) is -0.477. The lowest BCUT2D eigenvalue weighted by Gasteiger charge is -2.04. The van der Waals surface area contributed by atoms with E-state index in [1.807, 2.05) is 6.07 Å². The van der Waals surface area contributed by atoms with Crippen LogP contribution >= 0.6 is 11.6 Å². The van der Waals surface area contributed by atoms with Gasteiger partial charge in [-0.1, -0.05) is 18.2 Å². The minimum Gasteiger partial charge on any atom is -0.497 e. The van der Waals surface area contributed by atoms with Crippen molar-refractivity contribution in [1.82, 2.24) is 4.98 Å². The third kappa shape index (κ3) is 2.63. The van der Waals surface area contributed by atoms with E-state index in [-0.39, 0.29) is 0 Å². The SMILES string of the molecule is COc1ccnc(-c2cccc(C(=O)Cl)c2)c1. The molecule has 0 aliphatic rings. The molecule has 3 nitrogen and oxygen atoms in total. The minimum atomic E-state index is -0.477. The van der Waals surface area contributed by atoms with E-state index in [2.05, 4.69) is 4.98 Å². The molecule has 0 radical (unpaired) electrons. The quantitative estimate of drug-likeness (QED) is 0.783. The van der Waals surface area contributed by atoms with Gasteiger partial charge in [-0.05, 0) is 23.7 Å². The van der Waals surface area contributed by atoms with Crippen LogP contribution < -0.4 is 4.74 Å². The number of carbonyl (C=O) groups is 1. The summed E-state index contributed by atoms with van der Waals surface area (Å²) in [6.07, 6.45) is 1.66. The Hall–Kier alpha value is -1.87. The Labute approximate surface area is 104 Å². The first-order valence-corrected chi connectivity index (χ1v) is 5.39. The van der Waals surface area contributed by atoms with Gasteiger partial charge in [0.25, 0.3) is 5.24 Å². The van der Waals surface area contributed by atoms with E-state index in [0.717, 1.165) is 17.0 Å². The molecule has 0 fully saturated rings. The average molecular weight is 248 g/mol. The highest BCUT2D eigenvalue weighted by atomic mass is 35.5. The van der Waals surface area contributed by atoms with Crippen LogP contribution in [0.2, 0.25) is 0 Å². The molecule has 86 valence electrons. The van der Waals surface area contributed by atoms with Crippen LogP contribution in [-0.4, -0.2) is 17.3 Å². The van der Waals surface area contributed by atoms with Crippen LogP contribution in [0.25, 0.3) is 11.3 Å². The van der Waals surface area contributed by atoms with Crippen LogP contribution in [0, 0.1) is 0 Å². The maximum Gasteiger partial charge on any atom is 0.252 e. The molecule has 0 N–H and O–H groups in total. The summed E-state index contributed by atoms with van der Waals surface area (Å²) in [5.74, 6) is 0.720. The number of methoxy groups -OCH3 is 1. The lowest BCUT2D eigenvalue weighted by molar-refractivity contribution is 0.108. The van der Waals surface area contributed by atoms with E-state index in [1.165, 1.54) is 0 Å². The number of pyridine rings is 1. The van der Waals surface area contributed by atoms with Crippen molar-refractivity contribution in [3.8, 4) is 17.0 Å². The molecule has 2 aromatic rings. The van der Waals surface area contributed by atoms with Crippen molar-refractivity contribution in [3.05, 3.63) is 48.2 Å². The Morgan fingerprint density at radius 1 is 1.29 bits per heavy atom. The summed E-state index contributed by atoms with van der Waals surface area (Å²) in [4.78, 5) is 15.3. The zero-order valence-corrected chi connectivity index (χ0v) is 9.94. The normalized spacial score (nSPS) is 10.0. The van der Waals surface area contributed by atoms with E-state index in [4.69, 9.17) is 16.3 Å². The van der Waals surface area contributed by atoms with Crippen molar-refractivity contribution >= 4 is 16.8 Å². The minimum absolute atomic E-state index is 0.453. The number of nitrogens with zero attached hydrogens (tertiary/aromatic N) is 1. The Morgan fingerprint density at radius 3 is 2.82 bits per heavy atom.